The molecule has 0 radical (unpaired) electrons. The van der Waals surface area contributed by atoms with Crippen molar-refractivity contribution in [1.29, 1.82) is 0 Å². The zero-order valence-corrected chi connectivity index (χ0v) is 22.1. The van der Waals surface area contributed by atoms with E-state index in [-0.39, 0.29) is 17.9 Å². The SMILES string of the molecule is Cc1ccc2c(c1)CCc1cc(Br)cnc1C2C1CCN(C(=O)CC2CCN(C(N)=O)CC2)CC1. The van der Waals surface area contributed by atoms with Crippen LogP contribution in [-0.4, -0.2) is 52.9 Å². The molecular weight excluding hydrogens is 504 g/mol. The predicted molar refractivity (Wildman–Crippen MR) is 140 cm³/mol. The number of pyridine rings is 1. The number of nitrogens with two attached hydrogens (primary N) is 1. The molecule has 1 atom stereocenters. The van der Waals surface area contributed by atoms with Crippen LogP contribution in [0.25, 0.3) is 0 Å². The zero-order chi connectivity index (χ0) is 24.5. The van der Waals surface area contributed by atoms with Crippen molar-refractivity contribution in [2.24, 2.45) is 17.6 Å². The molecule has 2 fully saturated rings. The largest absolute Gasteiger partial charge is 0.351 e. The first-order valence-electron chi connectivity index (χ1n) is 12.9. The highest BCUT2D eigenvalue weighted by Gasteiger charge is 2.35. The van der Waals surface area contributed by atoms with E-state index < -0.39 is 0 Å². The molecule has 186 valence electrons. The number of nitrogens with zero attached hydrogens (tertiary/aromatic N) is 3. The number of likely N-dealkylation sites (tertiary alicyclic amines) is 2. The molecule has 1 unspecified atom stereocenters. The first kappa shape index (κ1) is 24.3. The van der Waals surface area contributed by atoms with E-state index in [2.05, 4.69) is 52.0 Å². The summed E-state index contributed by atoms with van der Waals surface area (Å²) in [5.74, 6) is 1.37. The molecule has 5 rings (SSSR count). The Morgan fingerprint density at radius 3 is 2.40 bits per heavy atom. The van der Waals surface area contributed by atoms with Crippen LogP contribution in [0.5, 0.6) is 0 Å². The molecule has 35 heavy (non-hydrogen) atoms. The van der Waals surface area contributed by atoms with Gasteiger partial charge in [0.05, 0.1) is 5.69 Å². The molecule has 7 heteroatoms. The summed E-state index contributed by atoms with van der Waals surface area (Å²) in [5, 5.41) is 0. The lowest BCUT2D eigenvalue weighted by atomic mass is 9.76. The van der Waals surface area contributed by atoms with E-state index >= 15 is 0 Å². The second-order valence-corrected chi connectivity index (χ2v) is 11.5. The third-order valence-electron chi connectivity index (χ3n) is 8.31. The van der Waals surface area contributed by atoms with Crippen molar-refractivity contribution in [1.82, 2.24) is 14.8 Å². The van der Waals surface area contributed by atoms with Gasteiger partial charge in [0.15, 0.2) is 0 Å². The smallest absolute Gasteiger partial charge is 0.314 e. The average Bonchev–Trinajstić information content (AvgIpc) is 3.00. The number of urea groups is 1. The lowest BCUT2D eigenvalue weighted by molar-refractivity contribution is -0.134. The van der Waals surface area contributed by atoms with Crippen molar-refractivity contribution < 1.29 is 9.59 Å². The van der Waals surface area contributed by atoms with E-state index in [1.807, 2.05) is 6.20 Å². The Labute approximate surface area is 216 Å². The number of carbonyl (C=O) groups excluding carboxylic acids is 2. The van der Waals surface area contributed by atoms with E-state index in [1.54, 1.807) is 4.90 Å². The van der Waals surface area contributed by atoms with E-state index in [0.29, 0.717) is 31.3 Å². The highest BCUT2D eigenvalue weighted by atomic mass is 79.9. The molecule has 1 aromatic heterocycles. The molecule has 0 spiro atoms. The maximum atomic E-state index is 13.1. The monoisotopic (exact) mass is 538 g/mol. The summed E-state index contributed by atoms with van der Waals surface area (Å²) in [6, 6.07) is 8.81. The lowest BCUT2D eigenvalue weighted by Crippen LogP contribution is -2.44. The van der Waals surface area contributed by atoms with Crippen molar-refractivity contribution >= 4 is 27.9 Å². The van der Waals surface area contributed by atoms with Crippen molar-refractivity contribution in [3.63, 3.8) is 0 Å². The molecule has 1 aromatic carbocycles. The summed E-state index contributed by atoms with van der Waals surface area (Å²) < 4.78 is 1.04. The number of amides is 3. The predicted octanol–water partition coefficient (Wildman–Crippen LogP) is 4.80. The van der Waals surface area contributed by atoms with Gasteiger partial charge in [-0.15, -0.1) is 0 Å². The average molecular weight is 540 g/mol. The van der Waals surface area contributed by atoms with Crippen molar-refractivity contribution in [3.8, 4) is 0 Å². The minimum Gasteiger partial charge on any atom is -0.351 e. The van der Waals surface area contributed by atoms with Gasteiger partial charge in [-0.25, -0.2) is 4.79 Å². The maximum absolute atomic E-state index is 13.1. The van der Waals surface area contributed by atoms with Crippen LogP contribution in [-0.2, 0) is 17.6 Å². The van der Waals surface area contributed by atoms with E-state index in [4.69, 9.17) is 10.7 Å². The molecule has 3 heterocycles. The van der Waals surface area contributed by atoms with E-state index in [9.17, 15) is 9.59 Å². The van der Waals surface area contributed by atoms with Crippen LogP contribution in [0.4, 0.5) is 4.79 Å². The van der Waals surface area contributed by atoms with Gasteiger partial charge in [-0.2, -0.15) is 0 Å². The molecule has 2 aliphatic heterocycles. The highest BCUT2D eigenvalue weighted by Crippen LogP contribution is 2.43. The number of primary amides is 1. The molecule has 0 bridgehead atoms. The summed E-state index contributed by atoms with van der Waals surface area (Å²) in [4.78, 5) is 33.2. The number of rotatable bonds is 3. The molecule has 0 saturated carbocycles. The van der Waals surface area contributed by atoms with E-state index in [1.165, 1.54) is 27.9 Å². The number of hydrogen-bond acceptors (Lipinski definition) is 3. The molecule has 2 saturated heterocycles. The zero-order valence-electron chi connectivity index (χ0n) is 20.5. The summed E-state index contributed by atoms with van der Waals surface area (Å²) in [5.41, 5.74) is 12.1. The summed E-state index contributed by atoms with van der Waals surface area (Å²) in [6.45, 7) is 5.13. The number of hydrogen-bond donors (Lipinski definition) is 1. The first-order valence-corrected chi connectivity index (χ1v) is 13.7. The first-order chi connectivity index (χ1) is 16.9. The van der Waals surface area contributed by atoms with Crippen LogP contribution in [0.2, 0.25) is 0 Å². The van der Waals surface area contributed by atoms with Crippen molar-refractivity contribution in [2.75, 3.05) is 26.2 Å². The van der Waals surface area contributed by atoms with E-state index in [0.717, 1.165) is 56.1 Å². The minimum absolute atomic E-state index is 0.264. The van der Waals surface area contributed by atoms with Gasteiger partial charge in [-0.05, 0) is 96.0 Å². The minimum atomic E-state index is -0.351. The lowest BCUT2D eigenvalue weighted by Gasteiger charge is -2.38. The third-order valence-corrected chi connectivity index (χ3v) is 8.75. The van der Waals surface area contributed by atoms with Crippen LogP contribution >= 0.6 is 15.9 Å². The summed E-state index contributed by atoms with van der Waals surface area (Å²) in [6.07, 6.45) is 8.31. The Kier molecular flexibility index (Phi) is 7.14. The van der Waals surface area contributed by atoms with Gasteiger partial charge in [0.2, 0.25) is 5.91 Å². The van der Waals surface area contributed by atoms with Gasteiger partial charge in [0.1, 0.15) is 0 Å². The summed E-state index contributed by atoms with van der Waals surface area (Å²) >= 11 is 3.62. The van der Waals surface area contributed by atoms with Gasteiger partial charge >= 0.3 is 6.03 Å². The standard InChI is InChI=1S/C28H35BrN4O2/c1-18-2-5-24-21(14-18)3-4-22-16-23(29)17-31-27(22)26(24)20-8-12-32(13-9-20)25(34)15-19-6-10-33(11-7-19)28(30)35/h2,5,14,16-17,19-20,26H,3-4,6-13,15H2,1H3,(H2,30,35). The second-order valence-electron chi connectivity index (χ2n) is 10.6. The topological polar surface area (TPSA) is 79.5 Å². The Morgan fingerprint density at radius 2 is 1.69 bits per heavy atom. The van der Waals surface area contributed by atoms with Crippen LogP contribution in [0.1, 0.15) is 66.0 Å². The van der Waals surface area contributed by atoms with Gasteiger partial charge in [-0.3, -0.25) is 9.78 Å². The van der Waals surface area contributed by atoms with Crippen LogP contribution in [0, 0.1) is 18.8 Å². The summed E-state index contributed by atoms with van der Waals surface area (Å²) in [7, 11) is 0. The number of aromatic nitrogens is 1. The number of halogens is 1. The Balaban J connectivity index is 1.28. The van der Waals surface area contributed by atoms with Crippen LogP contribution < -0.4 is 5.73 Å². The second kappa shape index (κ2) is 10.3. The van der Waals surface area contributed by atoms with Crippen molar-refractivity contribution in [2.45, 2.75) is 57.8 Å². The Hall–Kier alpha value is -2.41. The fourth-order valence-electron chi connectivity index (χ4n) is 6.34. The fraction of sp³-hybridized carbons (Fsp3) is 0.536. The molecule has 2 N–H and O–H groups in total. The quantitative estimate of drug-likeness (QED) is 0.609. The molecular formula is C28H35BrN4O2. The number of piperidine rings is 2. The Morgan fingerprint density at radius 1 is 1.00 bits per heavy atom. The molecule has 3 aliphatic rings. The number of benzene rings is 1. The molecule has 1 aliphatic carbocycles. The van der Waals surface area contributed by atoms with Gasteiger partial charge in [0, 0.05) is 49.2 Å². The number of carbonyl (C=O) groups is 2. The normalized spacial score (nSPS) is 21.3. The number of aryl methyl sites for hydroxylation is 3. The molecule has 2 aromatic rings. The fourth-order valence-corrected chi connectivity index (χ4v) is 6.71. The maximum Gasteiger partial charge on any atom is 0.314 e. The van der Waals surface area contributed by atoms with Gasteiger partial charge < -0.3 is 15.5 Å². The molecule has 6 nitrogen and oxygen atoms in total. The highest BCUT2D eigenvalue weighted by molar-refractivity contribution is 9.10. The van der Waals surface area contributed by atoms with Crippen LogP contribution in [0.3, 0.4) is 0 Å². The number of fused-ring (bicyclic) bond motifs is 2. The van der Waals surface area contributed by atoms with Crippen molar-refractivity contribution in [3.05, 3.63) is 62.9 Å². The molecule has 3 amide bonds. The van der Waals surface area contributed by atoms with Gasteiger partial charge in [-0.1, -0.05) is 23.8 Å². The third kappa shape index (κ3) is 5.25. The Bertz CT molecular complexity index is 1050. The van der Waals surface area contributed by atoms with Crippen LogP contribution in [0.15, 0.2) is 34.9 Å². The van der Waals surface area contributed by atoms with Gasteiger partial charge in [0.25, 0.3) is 0 Å².